The van der Waals surface area contributed by atoms with Gasteiger partial charge < -0.3 is 4.90 Å². The number of hydrogen-bond acceptors (Lipinski definition) is 3. The molecule has 0 bridgehead atoms. The van der Waals surface area contributed by atoms with Gasteiger partial charge in [0.2, 0.25) is 0 Å². The minimum atomic E-state index is 0.247. The van der Waals surface area contributed by atoms with Crippen LogP contribution in [0.5, 0.6) is 0 Å². The summed E-state index contributed by atoms with van der Waals surface area (Å²) >= 11 is 0. The van der Waals surface area contributed by atoms with Crippen molar-refractivity contribution in [3.05, 3.63) is 35.4 Å². The van der Waals surface area contributed by atoms with Gasteiger partial charge in [-0.05, 0) is 43.6 Å². The van der Waals surface area contributed by atoms with E-state index in [9.17, 15) is 0 Å². The third-order valence-corrected chi connectivity index (χ3v) is 3.75. The van der Waals surface area contributed by atoms with Crippen LogP contribution in [0.3, 0.4) is 0 Å². The highest BCUT2D eigenvalue weighted by Gasteiger charge is 2.11. The zero-order chi connectivity index (χ0) is 14.1. The normalized spacial score (nSPS) is 12.9. The van der Waals surface area contributed by atoms with Crippen molar-refractivity contribution in [2.24, 2.45) is 5.84 Å². The predicted octanol–water partition coefficient (Wildman–Crippen LogP) is 2.88. The fourth-order valence-electron chi connectivity index (χ4n) is 2.40. The number of hydrazine groups is 1. The number of rotatable bonds is 9. The van der Waals surface area contributed by atoms with Crippen LogP contribution in [-0.4, -0.2) is 24.5 Å². The first-order valence-electron chi connectivity index (χ1n) is 7.52. The molecule has 1 atom stereocenters. The van der Waals surface area contributed by atoms with Crippen LogP contribution in [0.1, 0.15) is 50.8 Å². The zero-order valence-corrected chi connectivity index (χ0v) is 12.7. The average Bonchev–Trinajstić information content (AvgIpc) is 2.45. The molecule has 3 heteroatoms. The summed E-state index contributed by atoms with van der Waals surface area (Å²) in [4.78, 5) is 2.43. The molecule has 0 spiro atoms. The third-order valence-electron chi connectivity index (χ3n) is 3.75. The molecule has 0 aliphatic heterocycles. The Labute approximate surface area is 118 Å². The van der Waals surface area contributed by atoms with Gasteiger partial charge in [-0.2, -0.15) is 0 Å². The summed E-state index contributed by atoms with van der Waals surface area (Å²) in [7, 11) is 0. The molecule has 1 aromatic rings. The Hall–Kier alpha value is -0.900. The average molecular weight is 263 g/mol. The maximum absolute atomic E-state index is 5.70. The molecule has 0 aliphatic rings. The second-order valence-electron chi connectivity index (χ2n) is 5.03. The van der Waals surface area contributed by atoms with Crippen molar-refractivity contribution in [2.45, 2.75) is 46.1 Å². The molecule has 1 unspecified atom stereocenters. The smallest absolute Gasteiger partial charge is 0.0472 e. The van der Waals surface area contributed by atoms with Crippen LogP contribution in [0.25, 0.3) is 0 Å². The van der Waals surface area contributed by atoms with Crippen LogP contribution < -0.4 is 11.3 Å². The molecule has 19 heavy (non-hydrogen) atoms. The lowest BCUT2D eigenvalue weighted by Gasteiger charge is -2.22. The Morgan fingerprint density at radius 3 is 2.21 bits per heavy atom. The summed E-state index contributed by atoms with van der Waals surface area (Å²) in [6.45, 7) is 9.90. The molecule has 0 aromatic heterocycles. The van der Waals surface area contributed by atoms with Gasteiger partial charge in [0.1, 0.15) is 0 Å². The molecule has 0 fully saturated rings. The monoisotopic (exact) mass is 263 g/mol. The standard InChI is InChI=1S/C16H29N3/c1-4-7-14-8-10-15(11-9-14)16(18-17)12-13-19(5-2)6-3/h8-11,16,18H,4-7,12-13,17H2,1-3H3. The minimum absolute atomic E-state index is 0.247. The lowest BCUT2D eigenvalue weighted by Crippen LogP contribution is -2.32. The fourth-order valence-corrected chi connectivity index (χ4v) is 2.40. The first kappa shape index (κ1) is 16.2. The zero-order valence-electron chi connectivity index (χ0n) is 12.7. The summed E-state index contributed by atoms with van der Waals surface area (Å²) in [5.41, 5.74) is 5.64. The highest BCUT2D eigenvalue weighted by Crippen LogP contribution is 2.17. The summed E-state index contributed by atoms with van der Waals surface area (Å²) < 4.78 is 0. The van der Waals surface area contributed by atoms with Gasteiger partial charge in [-0.15, -0.1) is 0 Å². The molecule has 1 aromatic carbocycles. The van der Waals surface area contributed by atoms with Crippen LogP contribution in [0, 0.1) is 0 Å². The van der Waals surface area contributed by atoms with Crippen molar-refractivity contribution in [1.82, 2.24) is 10.3 Å². The number of benzene rings is 1. The second-order valence-corrected chi connectivity index (χ2v) is 5.03. The van der Waals surface area contributed by atoms with Crippen molar-refractivity contribution >= 4 is 0 Å². The summed E-state index contributed by atoms with van der Waals surface area (Å²) in [5, 5.41) is 0. The fraction of sp³-hybridized carbons (Fsp3) is 0.625. The maximum Gasteiger partial charge on any atom is 0.0472 e. The van der Waals surface area contributed by atoms with Gasteiger partial charge in [0.05, 0.1) is 0 Å². The van der Waals surface area contributed by atoms with Gasteiger partial charge in [0, 0.05) is 6.04 Å². The number of nitrogens with two attached hydrogens (primary N) is 1. The van der Waals surface area contributed by atoms with Crippen LogP contribution in [0.4, 0.5) is 0 Å². The van der Waals surface area contributed by atoms with E-state index in [0.29, 0.717) is 0 Å². The molecule has 0 amide bonds. The SMILES string of the molecule is CCCc1ccc(C(CCN(CC)CC)NN)cc1. The van der Waals surface area contributed by atoms with E-state index >= 15 is 0 Å². The Bertz CT molecular complexity index is 330. The lowest BCUT2D eigenvalue weighted by atomic mass is 10.0. The molecule has 3 N–H and O–H groups in total. The molecule has 3 nitrogen and oxygen atoms in total. The minimum Gasteiger partial charge on any atom is -0.304 e. The van der Waals surface area contributed by atoms with E-state index in [1.165, 1.54) is 17.5 Å². The van der Waals surface area contributed by atoms with E-state index in [1.807, 2.05) is 0 Å². The number of aryl methyl sites for hydroxylation is 1. The first-order valence-corrected chi connectivity index (χ1v) is 7.52. The van der Waals surface area contributed by atoms with Gasteiger partial charge in [0.15, 0.2) is 0 Å². The second kappa shape index (κ2) is 9.08. The van der Waals surface area contributed by atoms with Crippen LogP contribution >= 0.6 is 0 Å². The van der Waals surface area contributed by atoms with Crippen LogP contribution in [0.15, 0.2) is 24.3 Å². The Kier molecular flexibility index (Phi) is 7.72. The van der Waals surface area contributed by atoms with Crippen molar-refractivity contribution in [3.63, 3.8) is 0 Å². The molecule has 0 saturated heterocycles. The molecular formula is C16H29N3. The summed E-state index contributed by atoms with van der Waals surface area (Å²) in [6.07, 6.45) is 3.39. The lowest BCUT2D eigenvalue weighted by molar-refractivity contribution is 0.282. The predicted molar refractivity (Wildman–Crippen MR) is 82.9 cm³/mol. The number of hydrogen-bond donors (Lipinski definition) is 2. The first-order chi connectivity index (χ1) is 9.24. The largest absolute Gasteiger partial charge is 0.304 e. The van der Waals surface area contributed by atoms with Crippen molar-refractivity contribution in [1.29, 1.82) is 0 Å². The molecule has 0 saturated carbocycles. The van der Waals surface area contributed by atoms with Crippen molar-refractivity contribution in [3.8, 4) is 0 Å². The van der Waals surface area contributed by atoms with E-state index in [-0.39, 0.29) is 6.04 Å². The van der Waals surface area contributed by atoms with E-state index < -0.39 is 0 Å². The Morgan fingerprint density at radius 2 is 1.74 bits per heavy atom. The highest BCUT2D eigenvalue weighted by molar-refractivity contribution is 5.25. The van der Waals surface area contributed by atoms with Gasteiger partial charge in [-0.3, -0.25) is 11.3 Å². The highest BCUT2D eigenvalue weighted by atomic mass is 15.2. The topological polar surface area (TPSA) is 41.3 Å². The van der Waals surface area contributed by atoms with E-state index in [1.54, 1.807) is 0 Å². The molecule has 0 aliphatic carbocycles. The van der Waals surface area contributed by atoms with Crippen LogP contribution in [0.2, 0.25) is 0 Å². The number of nitrogens with one attached hydrogen (secondary N) is 1. The van der Waals surface area contributed by atoms with Gasteiger partial charge in [-0.25, -0.2) is 0 Å². The molecule has 0 radical (unpaired) electrons. The Balaban J connectivity index is 2.58. The third kappa shape index (κ3) is 5.31. The maximum atomic E-state index is 5.70. The van der Waals surface area contributed by atoms with E-state index in [4.69, 9.17) is 5.84 Å². The molecule has 1 rings (SSSR count). The van der Waals surface area contributed by atoms with Gasteiger partial charge in [0.25, 0.3) is 0 Å². The van der Waals surface area contributed by atoms with Crippen molar-refractivity contribution < 1.29 is 0 Å². The van der Waals surface area contributed by atoms with E-state index in [0.717, 1.165) is 32.5 Å². The van der Waals surface area contributed by atoms with Gasteiger partial charge >= 0.3 is 0 Å². The summed E-state index contributed by atoms with van der Waals surface area (Å²) in [6, 6.07) is 9.10. The Morgan fingerprint density at radius 1 is 1.11 bits per heavy atom. The molecule has 0 heterocycles. The molecule has 108 valence electrons. The van der Waals surface area contributed by atoms with Gasteiger partial charge in [-0.1, -0.05) is 51.5 Å². The quantitative estimate of drug-likeness (QED) is 0.532. The summed E-state index contributed by atoms with van der Waals surface area (Å²) in [5.74, 6) is 5.70. The molecular weight excluding hydrogens is 234 g/mol. The van der Waals surface area contributed by atoms with Crippen molar-refractivity contribution in [2.75, 3.05) is 19.6 Å². The van der Waals surface area contributed by atoms with Crippen LogP contribution in [-0.2, 0) is 6.42 Å². The number of nitrogens with zero attached hydrogens (tertiary/aromatic N) is 1. The van der Waals surface area contributed by atoms with E-state index in [2.05, 4.69) is 55.4 Å².